The van der Waals surface area contributed by atoms with E-state index >= 15 is 0 Å². The van der Waals surface area contributed by atoms with E-state index in [-0.39, 0.29) is 28.4 Å². The van der Waals surface area contributed by atoms with Gasteiger partial charge in [0, 0.05) is 22.8 Å². The number of hydrogen-bond donors (Lipinski definition) is 1. The number of aromatic nitrogens is 1. The van der Waals surface area contributed by atoms with Gasteiger partial charge in [-0.15, -0.1) is 0 Å². The quantitative estimate of drug-likeness (QED) is 0.105. The van der Waals surface area contributed by atoms with E-state index < -0.39 is 11.8 Å². The van der Waals surface area contributed by atoms with Gasteiger partial charge in [-0.3, -0.25) is 19.3 Å². The number of thioether (sulfide) groups is 1. The smallest absolute Gasteiger partial charge is 0.285 e. The van der Waals surface area contributed by atoms with E-state index in [1.165, 1.54) is 4.90 Å². The first-order chi connectivity index (χ1) is 23.6. The molecule has 1 aliphatic heterocycles. The molecule has 1 aliphatic rings. The Bertz CT molecular complexity index is 1960. The van der Waals surface area contributed by atoms with Gasteiger partial charge in [0.05, 0.1) is 11.8 Å². The van der Waals surface area contributed by atoms with Crippen LogP contribution in [0.15, 0.2) is 132 Å². The van der Waals surface area contributed by atoms with Crippen LogP contribution in [0.25, 0.3) is 11.8 Å². The summed E-state index contributed by atoms with van der Waals surface area (Å²) in [5.74, 6) is -1.51. The van der Waals surface area contributed by atoms with Gasteiger partial charge in [0.2, 0.25) is 5.91 Å². The molecule has 1 N–H and O–H groups in total. The van der Waals surface area contributed by atoms with Crippen LogP contribution in [0.5, 0.6) is 0 Å². The van der Waals surface area contributed by atoms with E-state index in [0.29, 0.717) is 5.70 Å². The third-order valence-electron chi connectivity index (χ3n) is 8.15. The number of carbonyl (C=O) groups excluding carboxylic acids is 3. The number of carbonyl (C=O) groups is 3. The molecular formula is C41H40N4O3S. The number of rotatable bonds is 10. The van der Waals surface area contributed by atoms with Crippen LogP contribution in [-0.4, -0.2) is 38.1 Å². The van der Waals surface area contributed by atoms with E-state index in [1.807, 2.05) is 80.6 Å². The molecule has 0 unspecified atom stereocenters. The molecule has 3 aromatic carbocycles. The Hall–Kier alpha value is -5.47. The molecule has 0 bridgehead atoms. The molecule has 0 radical (unpaired) electrons. The fourth-order valence-electron chi connectivity index (χ4n) is 5.96. The van der Waals surface area contributed by atoms with Gasteiger partial charge in [-0.1, -0.05) is 103 Å². The Balaban J connectivity index is 1.46. The van der Waals surface area contributed by atoms with Gasteiger partial charge in [-0.05, 0) is 92.8 Å². The third-order valence-corrected chi connectivity index (χ3v) is 9.09. The predicted molar refractivity (Wildman–Crippen MR) is 200 cm³/mol. The Morgan fingerprint density at radius 3 is 2.10 bits per heavy atom. The van der Waals surface area contributed by atoms with Crippen LogP contribution >= 0.6 is 11.8 Å². The second-order valence-electron chi connectivity index (χ2n) is 11.8. The van der Waals surface area contributed by atoms with Gasteiger partial charge in [0.25, 0.3) is 11.8 Å². The number of allylic oxidation sites excluding steroid dienone is 4. The Morgan fingerprint density at radius 1 is 0.918 bits per heavy atom. The molecule has 0 saturated carbocycles. The van der Waals surface area contributed by atoms with E-state index in [1.54, 1.807) is 37.3 Å². The van der Waals surface area contributed by atoms with Gasteiger partial charge in [-0.2, -0.15) is 4.99 Å². The number of amidine groups is 1. The van der Waals surface area contributed by atoms with Crippen molar-refractivity contribution in [1.29, 1.82) is 0 Å². The number of aliphatic imine (C=N–C) groups is 1. The number of hydrogen-bond acceptors (Lipinski definition) is 4. The number of amides is 3. The summed E-state index contributed by atoms with van der Waals surface area (Å²) in [5.41, 5.74) is 8.23. The van der Waals surface area contributed by atoms with Gasteiger partial charge < -0.3 is 9.88 Å². The number of nitrogens with zero attached hydrogens (tertiary/aromatic N) is 3. The fraction of sp³-hybridized carbons (Fsp3) is 0.171. The highest BCUT2D eigenvalue weighted by Crippen LogP contribution is 2.29. The van der Waals surface area contributed by atoms with Crippen LogP contribution in [0, 0.1) is 27.7 Å². The lowest BCUT2D eigenvalue weighted by Crippen LogP contribution is -2.42. The monoisotopic (exact) mass is 668 g/mol. The summed E-state index contributed by atoms with van der Waals surface area (Å²) in [5, 5.41) is 3.25. The second-order valence-corrected chi connectivity index (χ2v) is 12.8. The molecule has 8 heteroatoms. The molecule has 0 fully saturated rings. The fourth-order valence-corrected chi connectivity index (χ4v) is 6.77. The highest BCUT2D eigenvalue weighted by Gasteiger charge is 2.35. The average molecular weight is 669 g/mol. The maximum Gasteiger partial charge on any atom is 0.285 e. The van der Waals surface area contributed by atoms with Gasteiger partial charge >= 0.3 is 0 Å². The largest absolute Gasteiger partial charge is 0.344 e. The lowest BCUT2D eigenvalue weighted by molar-refractivity contribution is -0.126. The normalized spacial score (nSPS) is 14.6. The standard InChI is InChI=1S/C41H40N4O3S/c1-7-9-20-34(8-2)45-40(48)36(25-33-24-29(5)44(30(33)6)35-22-27(3)21-28(4)23-35)39(47)43-41(45)49-26-37(46)42-38(31-16-12-10-13-17-31)32-18-14-11-15-19-32/h7-25,38H,1,26H2,2-6H3,(H,42,46)/b20-9-,34-8+,36-25+. The predicted octanol–water partition coefficient (Wildman–Crippen LogP) is 8.10. The average Bonchev–Trinajstić information content (AvgIpc) is 3.37. The van der Waals surface area contributed by atoms with E-state index in [9.17, 15) is 14.4 Å². The Labute approximate surface area is 292 Å². The third kappa shape index (κ3) is 7.99. The maximum atomic E-state index is 14.2. The number of benzene rings is 3. The molecule has 4 aromatic rings. The number of aryl methyl sites for hydroxylation is 3. The lowest BCUT2D eigenvalue weighted by Gasteiger charge is -2.28. The zero-order valence-electron chi connectivity index (χ0n) is 28.4. The van der Waals surface area contributed by atoms with E-state index in [2.05, 4.69) is 53.5 Å². The molecule has 5 rings (SSSR count). The van der Waals surface area contributed by atoms with Crippen LogP contribution in [0.4, 0.5) is 0 Å². The summed E-state index contributed by atoms with van der Waals surface area (Å²) in [6, 6.07) is 27.4. The van der Waals surface area contributed by atoms with Crippen molar-refractivity contribution in [3.63, 3.8) is 0 Å². The first kappa shape index (κ1) is 34.9. The van der Waals surface area contributed by atoms with Crippen molar-refractivity contribution in [3.8, 4) is 5.69 Å². The summed E-state index contributed by atoms with van der Waals surface area (Å²) in [4.78, 5) is 47.0. The first-order valence-electron chi connectivity index (χ1n) is 16.1. The molecule has 7 nitrogen and oxygen atoms in total. The minimum absolute atomic E-state index is 0.0611. The highest BCUT2D eigenvalue weighted by atomic mass is 32.2. The molecular weight excluding hydrogens is 629 g/mol. The molecule has 0 atom stereocenters. The minimum Gasteiger partial charge on any atom is -0.344 e. The van der Waals surface area contributed by atoms with Gasteiger partial charge in [0.1, 0.15) is 5.57 Å². The zero-order valence-corrected chi connectivity index (χ0v) is 29.3. The molecule has 0 spiro atoms. The van der Waals surface area contributed by atoms with E-state index in [0.717, 1.165) is 56.7 Å². The van der Waals surface area contributed by atoms with Crippen molar-refractivity contribution in [2.24, 2.45) is 4.99 Å². The minimum atomic E-state index is -0.657. The summed E-state index contributed by atoms with van der Waals surface area (Å²) >= 11 is 1.04. The molecule has 2 heterocycles. The second kappa shape index (κ2) is 15.6. The topological polar surface area (TPSA) is 83.8 Å². The molecule has 0 saturated heterocycles. The molecule has 248 valence electrons. The molecule has 49 heavy (non-hydrogen) atoms. The van der Waals surface area contributed by atoms with Crippen molar-refractivity contribution >= 4 is 40.7 Å². The van der Waals surface area contributed by atoms with Crippen molar-refractivity contribution < 1.29 is 14.4 Å². The zero-order chi connectivity index (χ0) is 35.1. The Kier molecular flexibility index (Phi) is 11.1. The van der Waals surface area contributed by atoms with Gasteiger partial charge in [-0.25, -0.2) is 0 Å². The first-order valence-corrected chi connectivity index (χ1v) is 17.0. The van der Waals surface area contributed by atoms with Crippen LogP contribution in [0.3, 0.4) is 0 Å². The number of nitrogens with one attached hydrogen (secondary N) is 1. The van der Waals surface area contributed by atoms with Crippen LogP contribution in [0.2, 0.25) is 0 Å². The van der Waals surface area contributed by atoms with Crippen molar-refractivity contribution in [3.05, 3.63) is 166 Å². The summed E-state index contributed by atoms with van der Waals surface area (Å²) in [6.07, 6.45) is 8.41. The van der Waals surface area contributed by atoms with Crippen LogP contribution in [0.1, 0.15) is 52.2 Å². The summed E-state index contributed by atoms with van der Waals surface area (Å²) in [6.45, 7) is 13.6. The lowest BCUT2D eigenvalue weighted by atomic mass is 9.99. The molecule has 3 amide bonds. The summed E-state index contributed by atoms with van der Waals surface area (Å²) in [7, 11) is 0. The molecule has 0 aliphatic carbocycles. The maximum absolute atomic E-state index is 14.2. The van der Waals surface area contributed by atoms with Crippen molar-refractivity contribution in [2.45, 2.75) is 40.7 Å². The van der Waals surface area contributed by atoms with Crippen LogP contribution < -0.4 is 5.32 Å². The SMILES string of the molecule is C=C/C=C\C(=C/C)N1C(=O)/C(=C/c2cc(C)n(-c3cc(C)cc(C)c3)c2C)C(=O)N=C1SCC(=O)NC(c1ccccc1)c1ccccc1. The Morgan fingerprint density at radius 2 is 1.53 bits per heavy atom. The van der Waals surface area contributed by atoms with Gasteiger partial charge in [0.15, 0.2) is 5.17 Å². The van der Waals surface area contributed by atoms with E-state index in [4.69, 9.17) is 0 Å². The molecule has 1 aromatic heterocycles. The van der Waals surface area contributed by atoms with Crippen molar-refractivity contribution in [2.75, 3.05) is 5.75 Å². The summed E-state index contributed by atoms with van der Waals surface area (Å²) < 4.78 is 2.12. The van der Waals surface area contributed by atoms with Crippen LogP contribution in [-0.2, 0) is 14.4 Å². The van der Waals surface area contributed by atoms with Crippen molar-refractivity contribution in [1.82, 2.24) is 14.8 Å². The highest BCUT2D eigenvalue weighted by molar-refractivity contribution is 8.14.